The molecular weight excluding hydrogens is 140 g/mol. The standard InChI is InChI=1S/C8H12N2O/c1-4-8-7(5-10(2)3)9-6-11-8/h4-6H,1-3H3. The number of aromatic nitrogens is 1. The largest absolute Gasteiger partial charge is 0.444 e. The predicted molar refractivity (Wildman–Crippen MR) is 44.0 cm³/mol. The van der Waals surface area contributed by atoms with Gasteiger partial charge in [-0.25, -0.2) is 4.98 Å². The Bertz CT molecular complexity index is 324. The number of nitrogens with zero attached hydrogens (tertiary/aromatic N) is 2. The lowest BCUT2D eigenvalue weighted by atomic mass is 10.5. The second-order valence-electron chi connectivity index (χ2n) is 2.48. The topological polar surface area (TPSA) is 29.3 Å². The quantitative estimate of drug-likeness (QED) is 0.557. The van der Waals surface area contributed by atoms with Gasteiger partial charge in [-0.05, 0) is 13.0 Å². The van der Waals surface area contributed by atoms with E-state index in [1.807, 2.05) is 38.2 Å². The maximum absolute atomic E-state index is 5.09. The van der Waals surface area contributed by atoms with E-state index in [9.17, 15) is 0 Å². The molecule has 0 aliphatic rings. The van der Waals surface area contributed by atoms with Gasteiger partial charge in [-0.15, -0.1) is 0 Å². The molecule has 0 fully saturated rings. The molecule has 60 valence electrons. The fourth-order valence-corrected chi connectivity index (χ4v) is 0.821. The van der Waals surface area contributed by atoms with Crippen molar-refractivity contribution in [3.63, 3.8) is 0 Å². The van der Waals surface area contributed by atoms with Crippen molar-refractivity contribution in [2.24, 2.45) is 0 Å². The van der Waals surface area contributed by atoms with Gasteiger partial charge in [0.25, 0.3) is 0 Å². The van der Waals surface area contributed by atoms with Crippen LogP contribution in [0.1, 0.15) is 6.92 Å². The highest BCUT2D eigenvalue weighted by Crippen LogP contribution is 1.71. The summed E-state index contributed by atoms with van der Waals surface area (Å²) >= 11 is 0. The molecular formula is C8H12N2O. The Hall–Kier alpha value is -1.25. The summed E-state index contributed by atoms with van der Waals surface area (Å²) in [5, 5.41) is 0.873. The zero-order chi connectivity index (χ0) is 8.27. The summed E-state index contributed by atoms with van der Waals surface area (Å²) < 4.78 is 5.09. The molecule has 0 aliphatic carbocycles. The van der Waals surface area contributed by atoms with Gasteiger partial charge in [0.15, 0.2) is 11.8 Å². The van der Waals surface area contributed by atoms with Crippen LogP contribution in [-0.2, 0) is 0 Å². The minimum atomic E-state index is 0.818. The van der Waals surface area contributed by atoms with Crippen molar-refractivity contribution in [1.29, 1.82) is 0 Å². The van der Waals surface area contributed by atoms with Crippen LogP contribution in [0, 0.1) is 0 Å². The van der Waals surface area contributed by atoms with E-state index in [2.05, 4.69) is 4.98 Å². The van der Waals surface area contributed by atoms with Gasteiger partial charge < -0.3 is 9.32 Å². The molecule has 0 N–H and O–H groups in total. The van der Waals surface area contributed by atoms with E-state index in [1.54, 1.807) is 0 Å². The fraction of sp³-hybridized carbons (Fsp3) is 0.375. The van der Waals surface area contributed by atoms with E-state index in [0.717, 1.165) is 10.8 Å². The summed E-state index contributed by atoms with van der Waals surface area (Å²) in [5.41, 5.74) is 0.818. The lowest BCUT2D eigenvalue weighted by Crippen LogP contribution is -2.25. The molecule has 1 heterocycles. The lowest BCUT2D eigenvalue weighted by molar-refractivity contribution is 0.523. The molecule has 3 nitrogen and oxygen atoms in total. The highest BCUT2D eigenvalue weighted by molar-refractivity contribution is 5.20. The average molecular weight is 152 g/mol. The summed E-state index contributed by atoms with van der Waals surface area (Å²) in [6.45, 7) is 1.92. The summed E-state index contributed by atoms with van der Waals surface area (Å²) in [6, 6.07) is 0. The molecule has 0 bridgehead atoms. The van der Waals surface area contributed by atoms with E-state index in [0.29, 0.717) is 0 Å². The first kappa shape index (κ1) is 7.85. The number of rotatable bonds is 1. The van der Waals surface area contributed by atoms with Gasteiger partial charge in [0.1, 0.15) is 5.35 Å². The number of hydrogen-bond acceptors (Lipinski definition) is 3. The van der Waals surface area contributed by atoms with Gasteiger partial charge >= 0.3 is 0 Å². The highest BCUT2D eigenvalue weighted by atomic mass is 16.3. The minimum absolute atomic E-state index is 0.818. The maximum atomic E-state index is 5.09. The molecule has 0 aromatic carbocycles. The molecule has 1 aromatic rings. The van der Waals surface area contributed by atoms with Crippen LogP contribution in [0.2, 0.25) is 0 Å². The normalized spacial score (nSPS) is 14.1. The molecule has 1 rings (SSSR count). The Kier molecular flexibility index (Phi) is 2.31. The maximum Gasteiger partial charge on any atom is 0.182 e. The van der Waals surface area contributed by atoms with Crippen molar-refractivity contribution in [3.05, 3.63) is 17.2 Å². The first-order chi connectivity index (χ1) is 5.24. The molecule has 0 saturated heterocycles. The highest BCUT2D eigenvalue weighted by Gasteiger charge is 1.87. The van der Waals surface area contributed by atoms with Gasteiger partial charge in [0, 0.05) is 20.3 Å². The van der Waals surface area contributed by atoms with Crippen LogP contribution in [0.4, 0.5) is 0 Å². The molecule has 0 amide bonds. The molecule has 0 radical (unpaired) electrons. The zero-order valence-electron chi connectivity index (χ0n) is 7.03. The molecule has 1 aromatic heterocycles. The van der Waals surface area contributed by atoms with Crippen LogP contribution >= 0.6 is 0 Å². The van der Waals surface area contributed by atoms with Crippen molar-refractivity contribution in [2.45, 2.75) is 6.92 Å². The average Bonchev–Trinajstić information content (AvgIpc) is 2.34. The van der Waals surface area contributed by atoms with Crippen LogP contribution in [0.5, 0.6) is 0 Å². The van der Waals surface area contributed by atoms with E-state index in [-0.39, 0.29) is 0 Å². The summed E-state index contributed by atoms with van der Waals surface area (Å²) in [6.07, 6.45) is 5.26. The van der Waals surface area contributed by atoms with Gasteiger partial charge in [-0.3, -0.25) is 0 Å². The molecule has 0 aliphatic heterocycles. The van der Waals surface area contributed by atoms with E-state index >= 15 is 0 Å². The van der Waals surface area contributed by atoms with Crippen molar-refractivity contribution < 1.29 is 4.42 Å². The van der Waals surface area contributed by atoms with Crippen LogP contribution in [0.25, 0.3) is 12.3 Å². The second-order valence-corrected chi connectivity index (χ2v) is 2.48. The molecule has 0 unspecified atom stereocenters. The summed E-state index contributed by atoms with van der Waals surface area (Å²) in [4.78, 5) is 5.97. The Balaban J connectivity index is 3.23. The third-order valence-corrected chi connectivity index (χ3v) is 1.27. The molecule has 0 saturated carbocycles. The van der Waals surface area contributed by atoms with Crippen LogP contribution < -0.4 is 10.8 Å². The molecule has 11 heavy (non-hydrogen) atoms. The van der Waals surface area contributed by atoms with E-state index in [4.69, 9.17) is 4.42 Å². The number of oxazole rings is 1. The molecule has 3 heteroatoms. The van der Waals surface area contributed by atoms with Crippen LogP contribution in [0.3, 0.4) is 0 Å². The smallest absolute Gasteiger partial charge is 0.182 e. The summed E-state index contributed by atoms with van der Waals surface area (Å²) in [7, 11) is 3.90. The molecule has 0 spiro atoms. The van der Waals surface area contributed by atoms with Gasteiger partial charge in [0.05, 0.1) is 0 Å². The van der Waals surface area contributed by atoms with Crippen molar-refractivity contribution in [1.82, 2.24) is 9.88 Å². The zero-order valence-corrected chi connectivity index (χ0v) is 7.03. The Labute approximate surface area is 65.7 Å². The fourth-order valence-electron chi connectivity index (χ4n) is 0.821. The Morgan fingerprint density at radius 2 is 2.27 bits per heavy atom. The first-order valence-electron chi connectivity index (χ1n) is 3.48. The third kappa shape index (κ3) is 1.83. The Morgan fingerprint density at radius 1 is 1.55 bits per heavy atom. The van der Waals surface area contributed by atoms with Gasteiger partial charge in [-0.1, -0.05) is 0 Å². The molecule has 0 atom stereocenters. The second kappa shape index (κ2) is 3.23. The van der Waals surface area contributed by atoms with Crippen LogP contribution in [-0.4, -0.2) is 24.0 Å². The SMILES string of the molecule is CC=c1ocnc1=CN(C)C. The predicted octanol–water partition coefficient (Wildman–Crippen LogP) is -0.225. The Morgan fingerprint density at radius 3 is 2.82 bits per heavy atom. The van der Waals surface area contributed by atoms with E-state index in [1.165, 1.54) is 6.39 Å². The minimum Gasteiger partial charge on any atom is -0.444 e. The van der Waals surface area contributed by atoms with Crippen molar-refractivity contribution in [3.8, 4) is 0 Å². The van der Waals surface area contributed by atoms with E-state index < -0.39 is 0 Å². The summed E-state index contributed by atoms with van der Waals surface area (Å²) in [5.74, 6) is 0. The van der Waals surface area contributed by atoms with Crippen molar-refractivity contribution in [2.75, 3.05) is 14.1 Å². The van der Waals surface area contributed by atoms with Crippen molar-refractivity contribution >= 4 is 12.3 Å². The van der Waals surface area contributed by atoms with Gasteiger partial charge in [-0.2, -0.15) is 0 Å². The number of hydrogen-bond donors (Lipinski definition) is 0. The third-order valence-electron chi connectivity index (χ3n) is 1.27. The van der Waals surface area contributed by atoms with Crippen LogP contribution in [0.15, 0.2) is 10.8 Å². The lowest BCUT2D eigenvalue weighted by Gasteiger charge is -2.00. The van der Waals surface area contributed by atoms with Gasteiger partial charge in [0.2, 0.25) is 0 Å². The monoisotopic (exact) mass is 152 g/mol. The first-order valence-corrected chi connectivity index (χ1v) is 3.48.